The Labute approximate surface area is 152 Å². The first-order valence-corrected chi connectivity index (χ1v) is 8.19. The van der Waals surface area contributed by atoms with E-state index in [0.717, 1.165) is 22.9 Å². The van der Waals surface area contributed by atoms with Gasteiger partial charge in [0.05, 0.1) is 26.5 Å². The lowest BCUT2D eigenvalue weighted by molar-refractivity contribution is 0.354. The molecule has 134 valence electrons. The number of nitrogens with zero attached hydrogens (tertiary/aromatic N) is 3. The number of nitrogens with one attached hydrogen (secondary N) is 2. The lowest BCUT2D eigenvalue weighted by Crippen LogP contribution is -2.06. The second-order valence-corrected chi connectivity index (χ2v) is 5.51. The van der Waals surface area contributed by atoms with Crippen LogP contribution in [-0.4, -0.2) is 29.2 Å². The van der Waals surface area contributed by atoms with Gasteiger partial charge in [-0.15, -0.1) is 0 Å². The number of aromatic nitrogens is 3. The Bertz CT molecular complexity index is 842. The second-order valence-electron chi connectivity index (χ2n) is 5.51. The van der Waals surface area contributed by atoms with Crippen LogP contribution in [0.3, 0.4) is 0 Å². The number of anilines is 2. The van der Waals surface area contributed by atoms with Gasteiger partial charge in [-0.1, -0.05) is 12.1 Å². The average Bonchev–Trinajstić information content (AvgIpc) is 2.71. The monoisotopic (exact) mass is 351 g/mol. The highest BCUT2D eigenvalue weighted by molar-refractivity contribution is 5.48. The SMILES string of the molecule is COc1ccc(CNc2cc(NCc3ccccn3)ncn2)cc1OC. The Balaban J connectivity index is 1.60. The molecular formula is C19H21N5O2. The number of ether oxygens (including phenoxy) is 2. The van der Waals surface area contributed by atoms with Gasteiger partial charge in [0, 0.05) is 18.8 Å². The molecule has 0 spiro atoms. The summed E-state index contributed by atoms with van der Waals surface area (Å²) in [5.74, 6) is 2.88. The first-order chi connectivity index (χ1) is 12.8. The first kappa shape index (κ1) is 17.5. The van der Waals surface area contributed by atoms with Crippen LogP contribution in [-0.2, 0) is 13.1 Å². The van der Waals surface area contributed by atoms with Gasteiger partial charge in [0.1, 0.15) is 18.0 Å². The minimum absolute atomic E-state index is 0.604. The van der Waals surface area contributed by atoms with Crippen LogP contribution >= 0.6 is 0 Å². The van der Waals surface area contributed by atoms with Gasteiger partial charge in [-0.2, -0.15) is 0 Å². The smallest absolute Gasteiger partial charge is 0.161 e. The molecule has 7 heteroatoms. The molecule has 0 aliphatic rings. The Morgan fingerprint density at radius 1 is 0.808 bits per heavy atom. The van der Waals surface area contributed by atoms with Crippen molar-refractivity contribution in [1.29, 1.82) is 0 Å². The van der Waals surface area contributed by atoms with Crippen molar-refractivity contribution in [3.8, 4) is 11.5 Å². The summed E-state index contributed by atoms with van der Waals surface area (Å²) in [6.45, 7) is 1.21. The summed E-state index contributed by atoms with van der Waals surface area (Å²) in [6.07, 6.45) is 3.30. The van der Waals surface area contributed by atoms with Crippen LogP contribution in [0.25, 0.3) is 0 Å². The fourth-order valence-corrected chi connectivity index (χ4v) is 2.42. The van der Waals surface area contributed by atoms with E-state index >= 15 is 0 Å². The van der Waals surface area contributed by atoms with Crippen LogP contribution < -0.4 is 20.1 Å². The number of hydrogen-bond acceptors (Lipinski definition) is 7. The van der Waals surface area contributed by atoms with Crippen molar-refractivity contribution >= 4 is 11.6 Å². The molecule has 3 aromatic rings. The fourth-order valence-electron chi connectivity index (χ4n) is 2.42. The molecule has 0 unspecified atom stereocenters. The van der Waals surface area contributed by atoms with E-state index in [-0.39, 0.29) is 0 Å². The van der Waals surface area contributed by atoms with Crippen LogP contribution in [0.4, 0.5) is 11.6 Å². The normalized spacial score (nSPS) is 10.2. The van der Waals surface area contributed by atoms with Crippen LogP contribution in [0, 0.1) is 0 Å². The maximum atomic E-state index is 5.33. The summed E-state index contributed by atoms with van der Waals surface area (Å²) in [6, 6.07) is 13.5. The molecule has 3 rings (SSSR count). The molecule has 0 fully saturated rings. The van der Waals surface area contributed by atoms with Gasteiger partial charge < -0.3 is 20.1 Å². The zero-order chi connectivity index (χ0) is 18.2. The molecular weight excluding hydrogens is 330 g/mol. The average molecular weight is 351 g/mol. The summed E-state index contributed by atoms with van der Waals surface area (Å²) >= 11 is 0. The number of rotatable bonds is 8. The van der Waals surface area contributed by atoms with E-state index in [1.54, 1.807) is 20.4 Å². The lowest BCUT2D eigenvalue weighted by atomic mass is 10.2. The van der Waals surface area contributed by atoms with Crippen molar-refractivity contribution in [3.05, 3.63) is 66.2 Å². The van der Waals surface area contributed by atoms with Gasteiger partial charge in [-0.05, 0) is 29.8 Å². The van der Waals surface area contributed by atoms with Gasteiger partial charge in [-0.3, -0.25) is 4.98 Å². The predicted octanol–water partition coefficient (Wildman–Crippen LogP) is 3.11. The molecule has 0 saturated carbocycles. The van der Waals surface area contributed by atoms with Crippen molar-refractivity contribution in [2.45, 2.75) is 13.1 Å². The van der Waals surface area contributed by atoms with E-state index in [9.17, 15) is 0 Å². The summed E-state index contributed by atoms with van der Waals surface area (Å²) in [5, 5.41) is 6.53. The van der Waals surface area contributed by atoms with Crippen molar-refractivity contribution in [2.24, 2.45) is 0 Å². The zero-order valence-electron chi connectivity index (χ0n) is 14.8. The van der Waals surface area contributed by atoms with Crippen molar-refractivity contribution in [3.63, 3.8) is 0 Å². The van der Waals surface area contributed by atoms with E-state index in [1.807, 2.05) is 42.5 Å². The van der Waals surface area contributed by atoms with Gasteiger partial charge >= 0.3 is 0 Å². The summed E-state index contributed by atoms with van der Waals surface area (Å²) in [4.78, 5) is 12.8. The van der Waals surface area contributed by atoms with E-state index in [4.69, 9.17) is 9.47 Å². The van der Waals surface area contributed by atoms with Gasteiger partial charge in [0.2, 0.25) is 0 Å². The van der Waals surface area contributed by atoms with Gasteiger partial charge in [-0.25, -0.2) is 9.97 Å². The first-order valence-electron chi connectivity index (χ1n) is 8.19. The third kappa shape index (κ3) is 4.60. The Morgan fingerprint density at radius 2 is 1.58 bits per heavy atom. The predicted molar refractivity (Wildman–Crippen MR) is 100 cm³/mol. The molecule has 0 amide bonds. The van der Waals surface area contributed by atoms with E-state index in [1.165, 1.54) is 6.33 Å². The van der Waals surface area contributed by atoms with E-state index in [0.29, 0.717) is 24.6 Å². The Hall–Kier alpha value is -3.35. The summed E-state index contributed by atoms with van der Waals surface area (Å²) in [7, 11) is 3.25. The molecule has 0 radical (unpaired) electrons. The quantitative estimate of drug-likeness (QED) is 0.645. The third-order valence-corrected chi connectivity index (χ3v) is 3.77. The van der Waals surface area contributed by atoms with Crippen LogP contribution in [0.5, 0.6) is 11.5 Å². The molecule has 0 atom stereocenters. The summed E-state index contributed by atoms with van der Waals surface area (Å²) in [5.41, 5.74) is 2.01. The van der Waals surface area contributed by atoms with Crippen molar-refractivity contribution in [2.75, 3.05) is 24.9 Å². The van der Waals surface area contributed by atoms with Crippen LogP contribution in [0.15, 0.2) is 55.0 Å². The van der Waals surface area contributed by atoms with Gasteiger partial charge in [0.25, 0.3) is 0 Å². The highest BCUT2D eigenvalue weighted by Crippen LogP contribution is 2.27. The molecule has 0 aliphatic heterocycles. The Morgan fingerprint density at radius 3 is 2.27 bits per heavy atom. The molecule has 2 N–H and O–H groups in total. The number of benzene rings is 1. The van der Waals surface area contributed by atoms with Crippen molar-refractivity contribution in [1.82, 2.24) is 15.0 Å². The standard InChI is InChI=1S/C19H21N5O2/c1-25-16-7-6-14(9-17(16)26-2)11-21-18-10-19(24-13-23-18)22-12-15-5-3-4-8-20-15/h3-10,13H,11-12H2,1-2H3,(H2,21,22,23,24). The highest BCUT2D eigenvalue weighted by atomic mass is 16.5. The third-order valence-electron chi connectivity index (χ3n) is 3.77. The maximum Gasteiger partial charge on any atom is 0.161 e. The second kappa shape index (κ2) is 8.66. The lowest BCUT2D eigenvalue weighted by Gasteiger charge is -2.11. The number of methoxy groups -OCH3 is 2. The number of pyridine rings is 1. The molecule has 2 aromatic heterocycles. The minimum Gasteiger partial charge on any atom is -0.493 e. The molecule has 0 saturated heterocycles. The van der Waals surface area contributed by atoms with Crippen LogP contribution in [0.1, 0.15) is 11.3 Å². The molecule has 26 heavy (non-hydrogen) atoms. The van der Waals surface area contributed by atoms with E-state index < -0.39 is 0 Å². The Kier molecular flexibility index (Phi) is 5.82. The molecule has 0 aliphatic carbocycles. The molecule has 7 nitrogen and oxygen atoms in total. The molecule has 2 heterocycles. The van der Waals surface area contributed by atoms with Crippen molar-refractivity contribution < 1.29 is 9.47 Å². The van der Waals surface area contributed by atoms with Gasteiger partial charge in [0.15, 0.2) is 11.5 Å². The zero-order valence-corrected chi connectivity index (χ0v) is 14.8. The molecule has 1 aromatic carbocycles. The highest BCUT2D eigenvalue weighted by Gasteiger charge is 2.05. The minimum atomic E-state index is 0.604. The maximum absolute atomic E-state index is 5.33. The van der Waals surface area contributed by atoms with Crippen LogP contribution in [0.2, 0.25) is 0 Å². The van der Waals surface area contributed by atoms with E-state index in [2.05, 4.69) is 25.6 Å². The largest absolute Gasteiger partial charge is 0.493 e. The topological polar surface area (TPSA) is 81.2 Å². The fraction of sp³-hybridized carbons (Fsp3) is 0.211. The number of hydrogen-bond donors (Lipinski definition) is 2. The summed E-state index contributed by atoms with van der Waals surface area (Å²) < 4.78 is 10.6. The molecule has 0 bridgehead atoms.